The van der Waals surface area contributed by atoms with Gasteiger partial charge in [-0.25, -0.2) is 0 Å². The van der Waals surface area contributed by atoms with Crippen molar-refractivity contribution in [2.24, 2.45) is 5.73 Å². The highest BCUT2D eigenvalue weighted by Crippen LogP contribution is 2.43. The van der Waals surface area contributed by atoms with E-state index in [4.69, 9.17) is 5.73 Å². The second-order valence-corrected chi connectivity index (χ2v) is 8.11. The molecule has 0 saturated carbocycles. The number of nitrogens with two attached hydrogens (primary N) is 1. The third-order valence-corrected chi connectivity index (χ3v) is 6.34. The second kappa shape index (κ2) is 6.82. The van der Waals surface area contributed by atoms with Gasteiger partial charge < -0.3 is 11.1 Å². The van der Waals surface area contributed by atoms with Gasteiger partial charge >= 0.3 is 0 Å². The van der Waals surface area contributed by atoms with Gasteiger partial charge in [0, 0.05) is 27.5 Å². The average Bonchev–Trinajstić information content (AvgIpc) is 2.76. The van der Waals surface area contributed by atoms with Gasteiger partial charge in [0.2, 0.25) is 5.91 Å². The van der Waals surface area contributed by atoms with Crippen LogP contribution in [0.15, 0.2) is 71.7 Å². The molecule has 2 amide bonds. The molecule has 5 heteroatoms. The van der Waals surface area contributed by atoms with Crippen molar-refractivity contribution < 1.29 is 9.59 Å². The molecule has 0 aliphatic rings. The van der Waals surface area contributed by atoms with E-state index in [1.165, 1.54) is 0 Å². The summed E-state index contributed by atoms with van der Waals surface area (Å²) in [6.45, 7) is 3.98. The molecule has 5 rings (SSSR count). The van der Waals surface area contributed by atoms with Gasteiger partial charge in [-0.2, -0.15) is 0 Å². The molecule has 0 aliphatic heterocycles. The van der Waals surface area contributed by atoms with Crippen LogP contribution in [0.3, 0.4) is 0 Å². The Morgan fingerprint density at radius 2 is 1.43 bits per heavy atom. The van der Waals surface area contributed by atoms with E-state index in [0.717, 1.165) is 42.2 Å². The van der Waals surface area contributed by atoms with E-state index in [-0.39, 0.29) is 5.91 Å². The molecular formula is C25H17BrN2O2. The normalized spacial score (nSPS) is 11.5. The van der Waals surface area contributed by atoms with Crippen molar-refractivity contribution in [3.05, 3.63) is 82.9 Å². The zero-order chi connectivity index (χ0) is 21.0. The molecule has 0 bridgehead atoms. The summed E-state index contributed by atoms with van der Waals surface area (Å²) in [6.07, 6.45) is 1.62. The van der Waals surface area contributed by atoms with Gasteiger partial charge in [-0.15, -0.1) is 6.58 Å². The summed E-state index contributed by atoms with van der Waals surface area (Å²) < 4.78 is 1.02. The first-order valence-corrected chi connectivity index (χ1v) is 10.3. The fourth-order valence-electron chi connectivity index (χ4n) is 4.42. The fourth-order valence-corrected chi connectivity index (χ4v) is 4.88. The van der Waals surface area contributed by atoms with Crippen molar-refractivity contribution >= 4 is 70.8 Å². The molecule has 0 unspecified atom stereocenters. The Labute approximate surface area is 180 Å². The van der Waals surface area contributed by atoms with Gasteiger partial charge in [0.25, 0.3) is 5.91 Å². The lowest BCUT2D eigenvalue weighted by atomic mass is 9.86. The Morgan fingerprint density at radius 1 is 0.833 bits per heavy atom. The van der Waals surface area contributed by atoms with E-state index in [1.807, 2.05) is 24.3 Å². The first-order valence-electron chi connectivity index (χ1n) is 9.53. The predicted octanol–water partition coefficient (Wildman–Crippen LogP) is 5.51. The number of benzene rings is 5. The zero-order valence-corrected chi connectivity index (χ0v) is 17.5. The highest BCUT2D eigenvalue weighted by molar-refractivity contribution is 9.10. The lowest BCUT2D eigenvalue weighted by molar-refractivity contribution is 0.0959. The third kappa shape index (κ3) is 2.52. The molecule has 146 valence electrons. The monoisotopic (exact) mass is 456 g/mol. The Hall–Kier alpha value is -3.44. The summed E-state index contributed by atoms with van der Waals surface area (Å²) >= 11 is 3.66. The summed E-state index contributed by atoms with van der Waals surface area (Å²) in [5.74, 6) is -0.822. The molecule has 0 aliphatic carbocycles. The van der Waals surface area contributed by atoms with E-state index in [9.17, 15) is 9.59 Å². The lowest BCUT2D eigenvalue weighted by Gasteiger charge is -2.18. The lowest BCUT2D eigenvalue weighted by Crippen LogP contribution is -2.24. The zero-order valence-electron chi connectivity index (χ0n) is 16.0. The van der Waals surface area contributed by atoms with E-state index in [1.54, 1.807) is 18.2 Å². The Bertz CT molecular complexity index is 1500. The van der Waals surface area contributed by atoms with E-state index in [2.05, 4.69) is 46.0 Å². The molecule has 4 nitrogen and oxygen atoms in total. The minimum Gasteiger partial charge on any atom is -0.366 e. The molecule has 0 heterocycles. The molecule has 5 aromatic carbocycles. The Balaban J connectivity index is 2.04. The maximum atomic E-state index is 12.9. The van der Waals surface area contributed by atoms with Gasteiger partial charge in [-0.05, 0) is 55.9 Å². The van der Waals surface area contributed by atoms with Crippen molar-refractivity contribution in [2.75, 3.05) is 6.54 Å². The van der Waals surface area contributed by atoms with Crippen LogP contribution in [-0.2, 0) is 0 Å². The minimum atomic E-state index is -0.559. The molecular weight excluding hydrogens is 440 g/mol. The van der Waals surface area contributed by atoms with Crippen molar-refractivity contribution in [2.45, 2.75) is 0 Å². The van der Waals surface area contributed by atoms with Crippen LogP contribution in [0.1, 0.15) is 20.7 Å². The second-order valence-electron chi connectivity index (χ2n) is 7.26. The quantitative estimate of drug-likeness (QED) is 0.212. The molecule has 0 radical (unpaired) electrons. The topological polar surface area (TPSA) is 72.2 Å². The SMILES string of the molecule is C=CCNC(=O)c1ccc2c3cccc4c(Br)ccc(c5ccc(C(N)=O)c1c52)c43. The number of amides is 2. The number of hydrogen-bond acceptors (Lipinski definition) is 2. The van der Waals surface area contributed by atoms with Gasteiger partial charge in [-0.3, -0.25) is 9.59 Å². The molecule has 30 heavy (non-hydrogen) atoms. The molecule has 0 fully saturated rings. The van der Waals surface area contributed by atoms with Gasteiger partial charge in [0.15, 0.2) is 0 Å². The van der Waals surface area contributed by atoms with Gasteiger partial charge in [-0.1, -0.05) is 58.4 Å². The first-order chi connectivity index (χ1) is 14.5. The largest absolute Gasteiger partial charge is 0.366 e. The van der Waals surface area contributed by atoms with Crippen molar-refractivity contribution in [3.63, 3.8) is 0 Å². The molecule has 0 spiro atoms. The fraction of sp³-hybridized carbons (Fsp3) is 0.0400. The average molecular weight is 457 g/mol. The van der Waals surface area contributed by atoms with E-state index in [0.29, 0.717) is 23.1 Å². The number of rotatable bonds is 4. The summed E-state index contributed by atoms with van der Waals surface area (Å²) in [4.78, 5) is 25.2. The van der Waals surface area contributed by atoms with Crippen LogP contribution < -0.4 is 11.1 Å². The Morgan fingerprint density at radius 3 is 2.13 bits per heavy atom. The van der Waals surface area contributed by atoms with Crippen LogP contribution in [0.4, 0.5) is 0 Å². The Kier molecular flexibility index (Phi) is 4.22. The van der Waals surface area contributed by atoms with Crippen molar-refractivity contribution in [1.82, 2.24) is 5.32 Å². The maximum absolute atomic E-state index is 12.9. The number of fused-ring (bicyclic) bond motifs is 2. The standard InChI is InChI=1S/C25H17BrN2O2/c1-2-12-28-25(30)19-9-7-15-13-4-3-5-17-20(26)11-10-14(21(13)17)16-6-8-18(24(27)29)23(19)22(15)16/h2-11H,1,12H2,(H2,27,29)(H,28,30). The van der Waals surface area contributed by atoms with Crippen LogP contribution >= 0.6 is 15.9 Å². The molecule has 3 N–H and O–H groups in total. The minimum absolute atomic E-state index is 0.263. The number of halogens is 1. The molecule has 5 aromatic rings. The summed E-state index contributed by atoms with van der Waals surface area (Å²) in [7, 11) is 0. The van der Waals surface area contributed by atoms with Crippen molar-refractivity contribution in [1.29, 1.82) is 0 Å². The van der Waals surface area contributed by atoms with Gasteiger partial charge in [0.1, 0.15) is 0 Å². The summed E-state index contributed by atoms with van der Waals surface area (Å²) in [5, 5.41) is 10.7. The smallest absolute Gasteiger partial charge is 0.252 e. The van der Waals surface area contributed by atoms with Crippen LogP contribution in [0, 0.1) is 0 Å². The van der Waals surface area contributed by atoms with Crippen LogP contribution in [0.2, 0.25) is 0 Å². The number of carbonyl (C=O) groups excluding carboxylic acids is 2. The van der Waals surface area contributed by atoms with Crippen LogP contribution in [-0.4, -0.2) is 18.4 Å². The highest BCUT2D eigenvalue weighted by atomic mass is 79.9. The summed E-state index contributed by atoms with van der Waals surface area (Å²) in [5.41, 5.74) is 6.48. The van der Waals surface area contributed by atoms with Crippen LogP contribution in [0.5, 0.6) is 0 Å². The van der Waals surface area contributed by atoms with Gasteiger partial charge in [0.05, 0.1) is 0 Å². The van der Waals surface area contributed by atoms with Crippen LogP contribution in [0.25, 0.3) is 43.1 Å². The first kappa shape index (κ1) is 18.6. The van der Waals surface area contributed by atoms with E-state index >= 15 is 0 Å². The number of carbonyl (C=O) groups is 2. The third-order valence-electron chi connectivity index (χ3n) is 5.65. The molecule has 0 saturated heterocycles. The molecule has 0 atom stereocenters. The van der Waals surface area contributed by atoms with E-state index < -0.39 is 5.91 Å². The summed E-state index contributed by atoms with van der Waals surface area (Å²) in [6, 6.07) is 17.7. The highest BCUT2D eigenvalue weighted by Gasteiger charge is 2.21. The number of primary amides is 1. The maximum Gasteiger partial charge on any atom is 0.252 e. The number of nitrogens with one attached hydrogen (secondary N) is 1. The number of hydrogen-bond donors (Lipinski definition) is 2. The predicted molar refractivity (Wildman–Crippen MR) is 126 cm³/mol. The molecule has 0 aromatic heterocycles. The van der Waals surface area contributed by atoms with Crippen molar-refractivity contribution in [3.8, 4) is 0 Å².